The highest BCUT2D eigenvalue weighted by atomic mass is 19.1. The van der Waals surface area contributed by atoms with Gasteiger partial charge < -0.3 is 15.0 Å². The zero-order chi connectivity index (χ0) is 24.3. The molecule has 0 spiro atoms. The Labute approximate surface area is 200 Å². The summed E-state index contributed by atoms with van der Waals surface area (Å²) in [6.07, 6.45) is 1.27. The molecular weight excluding hydrogens is 431 g/mol. The van der Waals surface area contributed by atoms with Crippen LogP contribution in [0.4, 0.5) is 4.39 Å². The van der Waals surface area contributed by atoms with E-state index in [1.807, 2.05) is 61.5 Å². The Bertz CT molecular complexity index is 1050. The van der Waals surface area contributed by atoms with Crippen LogP contribution < -0.4 is 10.1 Å². The molecule has 0 aromatic heterocycles. The first-order valence-electron chi connectivity index (χ1n) is 11.6. The average Bonchev–Trinajstić information content (AvgIpc) is 2.87. The fraction of sp³-hybridized carbons (Fsp3) is 0.286. The van der Waals surface area contributed by atoms with Crippen LogP contribution in [0.15, 0.2) is 78.9 Å². The van der Waals surface area contributed by atoms with Crippen molar-refractivity contribution in [1.29, 1.82) is 0 Å². The summed E-state index contributed by atoms with van der Waals surface area (Å²) in [5.41, 5.74) is 2.84. The molecule has 0 fully saturated rings. The Morgan fingerprint density at radius 3 is 2.15 bits per heavy atom. The topological polar surface area (TPSA) is 58.6 Å². The second kappa shape index (κ2) is 12.5. The summed E-state index contributed by atoms with van der Waals surface area (Å²) < 4.78 is 19.2. The Morgan fingerprint density at radius 2 is 1.53 bits per heavy atom. The predicted molar refractivity (Wildman–Crippen MR) is 131 cm³/mol. The zero-order valence-electron chi connectivity index (χ0n) is 19.7. The zero-order valence-corrected chi connectivity index (χ0v) is 19.7. The molecule has 2 amide bonds. The van der Waals surface area contributed by atoms with E-state index in [2.05, 4.69) is 12.2 Å². The normalized spacial score (nSPS) is 11.5. The number of carbonyl (C=O) groups is 2. The number of hydrogen-bond donors (Lipinski definition) is 1. The highest BCUT2D eigenvalue weighted by molar-refractivity contribution is 5.88. The molecule has 0 radical (unpaired) electrons. The molecular formula is C28H31FN2O3. The Kier molecular flexibility index (Phi) is 9.21. The molecule has 0 aliphatic heterocycles. The van der Waals surface area contributed by atoms with Crippen molar-refractivity contribution in [2.45, 2.75) is 39.3 Å². The molecule has 0 aliphatic rings. The summed E-state index contributed by atoms with van der Waals surface area (Å²) in [4.78, 5) is 28.0. The van der Waals surface area contributed by atoms with Gasteiger partial charge in [-0.15, -0.1) is 0 Å². The third-order valence-corrected chi connectivity index (χ3v) is 5.58. The summed E-state index contributed by atoms with van der Waals surface area (Å²) in [6.45, 7) is 4.31. The molecule has 0 heterocycles. The van der Waals surface area contributed by atoms with Gasteiger partial charge in [-0.1, -0.05) is 61.5 Å². The van der Waals surface area contributed by atoms with E-state index in [0.717, 1.165) is 17.5 Å². The van der Waals surface area contributed by atoms with Gasteiger partial charge >= 0.3 is 0 Å². The molecule has 3 aromatic rings. The van der Waals surface area contributed by atoms with Crippen molar-refractivity contribution in [2.75, 3.05) is 13.2 Å². The number of halogens is 1. The molecule has 178 valence electrons. The standard InChI is InChI=1S/C28H31FN2O3/c1-3-21-12-16-25(17-13-21)34-20-27(32)31(19-23-10-14-24(29)15-11-23)26(28(33)30-4-2)18-22-8-6-5-7-9-22/h5-17,26H,3-4,18-20H2,1-2H3,(H,30,33)/t26-/m0/s1. The van der Waals surface area contributed by atoms with Crippen LogP contribution in [0.2, 0.25) is 0 Å². The number of hydrogen-bond acceptors (Lipinski definition) is 3. The van der Waals surface area contributed by atoms with Crippen molar-refractivity contribution < 1.29 is 18.7 Å². The number of likely N-dealkylation sites (N-methyl/N-ethyl adjacent to an activating group) is 1. The number of nitrogens with zero attached hydrogens (tertiary/aromatic N) is 1. The van der Waals surface area contributed by atoms with E-state index in [1.54, 1.807) is 12.1 Å². The van der Waals surface area contributed by atoms with Gasteiger partial charge in [-0.25, -0.2) is 4.39 Å². The maximum atomic E-state index is 13.5. The Hall–Kier alpha value is -3.67. The maximum absolute atomic E-state index is 13.5. The van der Waals surface area contributed by atoms with Gasteiger partial charge in [-0.2, -0.15) is 0 Å². The maximum Gasteiger partial charge on any atom is 0.261 e. The highest BCUT2D eigenvalue weighted by Crippen LogP contribution is 2.17. The average molecular weight is 463 g/mol. The molecule has 6 heteroatoms. The van der Waals surface area contributed by atoms with Crippen molar-refractivity contribution in [3.8, 4) is 5.75 Å². The molecule has 0 saturated heterocycles. The number of nitrogens with one attached hydrogen (secondary N) is 1. The van der Waals surface area contributed by atoms with E-state index < -0.39 is 6.04 Å². The number of benzene rings is 3. The van der Waals surface area contributed by atoms with Crippen molar-refractivity contribution >= 4 is 11.8 Å². The van der Waals surface area contributed by atoms with Gasteiger partial charge in [0, 0.05) is 19.5 Å². The monoisotopic (exact) mass is 462 g/mol. The molecule has 3 rings (SSSR count). The Balaban J connectivity index is 1.85. The van der Waals surface area contributed by atoms with Crippen LogP contribution in [0.25, 0.3) is 0 Å². The van der Waals surface area contributed by atoms with Gasteiger partial charge in [0.15, 0.2) is 6.61 Å². The van der Waals surface area contributed by atoms with Gasteiger partial charge in [-0.3, -0.25) is 9.59 Å². The lowest BCUT2D eigenvalue weighted by atomic mass is 10.0. The molecule has 1 atom stereocenters. The van der Waals surface area contributed by atoms with Crippen LogP contribution in [-0.2, 0) is 29.0 Å². The fourth-order valence-corrected chi connectivity index (χ4v) is 3.68. The molecule has 0 saturated carbocycles. The largest absolute Gasteiger partial charge is 0.484 e. The van der Waals surface area contributed by atoms with Crippen LogP contribution in [0.3, 0.4) is 0 Å². The van der Waals surface area contributed by atoms with E-state index in [9.17, 15) is 14.0 Å². The van der Waals surface area contributed by atoms with Crippen molar-refractivity contribution in [2.24, 2.45) is 0 Å². The van der Waals surface area contributed by atoms with Crippen LogP contribution >= 0.6 is 0 Å². The summed E-state index contributed by atoms with van der Waals surface area (Å²) in [6, 6.07) is 22.4. The van der Waals surface area contributed by atoms with Gasteiger partial charge in [0.2, 0.25) is 5.91 Å². The fourth-order valence-electron chi connectivity index (χ4n) is 3.68. The number of ether oxygens (including phenoxy) is 1. The van der Waals surface area contributed by atoms with E-state index >= 15 is 0 Å². The van der Waals surface area contributed by atoms with Crippen LogP contribution in [0.1, 0.15) is 30.5 Å². The smallest absolute Gasteiger partial charge is 0.261 e. The second-order valence-corrected chi connectivity index (χ2v) is 8.03. The first-order valence-corrected chi connectivity index (χ1v) is 11.6. The number of aryl methyl sites for hydroxylation is 1. The molecule has 3 aromatic carbocycles. The van der Waals surface area contributed by atoms with Gasteiger partial charge in [0.25, 0.3) is 5.91 Å². The lowest BCUT2D eigenvalue weighted by Crippen LogP contribution is -2.51. The second-order valence-electron chi connectivity index (χ2n) is 8.03. The first-order chi connectivity index (χ1) is 16.5. The third-order valence-electron chi connectivity index (χ3n) is 5.58. The quantitative estimate of drug-likeness (QED) is 0.455. The number of rotatable bonds is 11. The first kappa shape index (κ1) is 25.0. The molecule has 0 unspecified atom stereocenters. The Morgan fingerprint density at radius 1 is 0.882 bits per heavy atom. The molecule has 5 nitrogen and oxygen atoms in total. The van der Waals surface area contributed by atoms with E-state index in [-0.39, 0.29) is 30.8 Å². The van der Waals surface area contributed by atoms with Crippen LogP contribution in [0.5, 0.6) is 5.75 Å². The van der Waals surface area contributed by atoms with E-state index in [1.165, 1.54) is 22.6 Å². The molecule has 0 aliphatic carbocycles. The van der Waals surface area contributed by atoms with Crippen LogP contribution in [-0.4, -0.2) is 35.9 Å². The molecule has 0 bridgehead atoms. The minimum absolute atomic E-state index is 0.159. The van der Waals surface area contributed by atoms with Gasteiger partial charge in [0.05, 0.1) is 0 Å². The molecule has 34 heavy (non-hydrogen) atoms. The van der Waals surface area contributed by atoms with E-state index in [4.69, 9.17) is 4.74 Å². The lowest BCUT2D eigenvalue weighted by Gasteiger charge is -2.31. The third kappa shape index (κ3) is 7.17. The highest BCUT2D eigenvalue weighted by Gasteiger charge is 2.30. The van der Waals surface area contributed by atoms with E-state index in [0.29, 0.717) is 18.7 Å². The van der Waals surface area contributed by atoms with Crippen molar-refractivity contribution in [3.63, 3.8) is 0 Å². The van der Waals surface area contributed by atoms with Crippen LogP contribution in [0, 0.1) is 5.82 Å². The predicted octanol–water partition coefficient (Wildman–Crippen LogP) is 4.54. The number of carbonyl (C=O) groups excluding carboxylic acids is 2. The molecule has 1 N–H and O–H groups in total. The number of amides is 2. The minimum atomic E-state index is -0.744. The SMILES string of the molecule is CCNC(=O)[C@H](Cc1ccccc1)N(Cc1ccc(F)cc1)C(=O)COc1ccc(CC)cc1. The lowest BCUT2D eigenvalue weighted by molar-refractivity contribution is -0.142. The summed E-state index contributed by atoms with van der Waals surface area (Å²) in [5, 5.41) is 2.85. The van der Waals surface area contributed by atoms with Gasteiger partial charge in [0.1, 0.15) is 17.6 Å². The van der Waals surface area contributed by atoms with Gasteiger partial charge in [-0.05, 0) is 54.3 Å². The summed E-state index contributed by atoms with van der Waals surface area (Å²) in [7, 11) is 0. The summed E-state index contributed by atoms with van der Waals surface area (Å²) >= 11 is 0. The van der Waals surface area contributed by atoms with Crippen molar-refractivity contribution in [3.05, 3.63) is 101 Å². The van der Waals surface area contributed by atoms with Crippen molar-refractivity contribution in [1.82, 2.24) is 10.2 Å². The summed E-state index contributed by atoms with van der Waals surface area (Å²) in [5.74, 6) is -0.333. The minimum Gasteiger partial charge on any atom is -0.484 e.